The molecule has 0 radical (unpaired) electrons. The van der Waals surface area contributed by atoms with Crippen LogP contribution in [0.1, 0.15) is 40.2 Å². The summed E-state index contributed by atoms with van der Waals surface area (Å²) in [5.74, 6) is -1.93. The summed E-state index contributed by atoms with van der Waals surface area (Å²) in [6.45, 7) is 3.23. The molecular weight excluding hydrogens is 340 g/mol. The van der Waals surface area contributed by atoms with Gasteiger partial charge in [-0.25, -0.2) is 8.78 Å². The second-order valence-corrected chi connectivity index (χ2v) is 5.78. The minimum atomic E-state index is -0.990. The monoisotopic (exact) mass is 355 g/mol. The number of amides is 1. The molecule has 0 aliphatic carbocycles. The summed E-state index contributed by atoms with van der Waals surface area (Å²) in [7, 11) is 0. The van der Waals surface area contributed by atoms with Crippen LogP contribution in [0.15, 0.2) is 47.1 Å². The van der Waals surface area contributed by atoms with E-state index in [1.54, 1.807) is 42.9 Å². The molecule has 0 saturated heterocycles. The summed E-state index contributed by atoms with van der Waals surface area (Å²) in [6.07, 6.45) is 3.40. The van der Waals surface area contributed by atoms with Gasteiger partial charge in [-0.15, -0.1) is 0 Å². The zero-order valence-corrected chi connectivity index (χ0v) is 14.1. The Bertz CT molecular complexity index is 1000. The van der Waals surface area contributed by atoms with Crippen molar-refractivity contribution >= 4 is 5.91 Å². The number of aryl methyl sites for hydroxylation is 1. The summed E-state index contributed by atoms with van der Waals surface area (Å²) in [5.41, 5.74) is 0.627. The third-order valence-electron chi connectivity index (χ3n) is 4.03. The van der Waals surface area contributed by atoms with E-state index in [0.29, 0.717) is 11.3 Å². The number of hydrogen-bond acceptors (Lipinski definition) is 3. The molecule has 2 heterocycles. The maximum atomic E-state index is 13.4. The molecule has 1 amide bonds. The molecule has 5 nitrogen and oxygen atoms in total. The van der Waals surface area contributed by atoms with E-state index < -0.39 is 23.6 Å². The van der Waals surface area contributed by atoms with Gasteiger partial charge in [0.05, 0.1) is 6.04 Å². The first-order valence-electron chi connectivity index (χ1n) is 7.85. The molecule has 0 aliphatic rings. The molecule has 7 heteroatoms. The number of benzene rings is 1. The van der Waals surface area contributed by atoms with Gasteiger partial charge in [0.2, 0.25) is 5.88 Å². The highest BCUT2D eigenvalue weighted by Crippen LogP contribution is 2.26. The van der Waals surface area contributed by atoms with Gasteiger partial charge >= 0.3 is 0 Å². The van der Waals surface area contributed by atoms with Crippen molar-refractivity contribution in [1.82, 2.24) is 9.88 Å². The van der Waals surface area contributed by atoms with Crippen LogP contribution in [0.3, 0.4) is 0 Å². The summed E-state index contributed by atoms with van der Waals surface area (Å²) in [5, 5.41) is 12.2. The van der Waals surface area contributed by atoms with Gasteiger partial charge in [-0.1, -0.05) is 6.07 Å². The van der Waals surface area contributed by atoms with Crippen LogP contribution in [0.25, 0.3) is 5.88 Å². The molecule has 1 N–H and O–H groups in total. The molecule has 132 valence electrons. The molecule has 0 fully saturated rings. The summed E-state index contributed by atoms with van der Waals surface area (Å²) >= 11 is 0. The number of aromatic nitrogens is 1. The van der Waals surface area contributed by atoms with Gasteiger partial charge in [-0.3, -0.25) is 9.36 Å². The second-order valence-electron chi connectivity index (χ2n) is 5.78. The predicted octanol–water partition coefficient (Wildman–Crippen LogP) is 4.02. The highest BCUT2D eigenvalue weighted by molar-refractivity contribution is 5.98. The van der Waals surface area contributed by atoms with E-state index in [2.05, 4.69) is 5.32 Å². The van der Waals surface area contributed by atoms with Gasteiger partial charge in [0, 0.05) is 12.4 Å². The van der Waals surface area contributed by atoms with E-state index in [0.717, 1.165) is 12.1 Å². The minimum absolute atomic E-state index is 0.105. The maximum absolute atomic E-state index is 13.4. The quantitative estimate of drug-likeness (QED) is 0.768. The first-order valence-corrected chi connectivity index (χ1v) is 7.85. The van der Waals surface area contributed by atoms with Crippen molar-refractivity contribution in [3.05, 3.63) is 76.8 Å². The average Bonchev–Trinajstić information content (AvgIpc) is 3.24. The average molecular weight is 355 g/mol. The van der Waals surface area contributed by atoms with Crippen LogP contribution in [0.2, 0.25) is 0 Å². The van der Waals surface area contributed by atoms with E-state index >= 15 is 0 Å². The molecule has 0 bridgehead atoms. The Morgan fingerprint density at radius 1 is 1.27 bits per heavy atom. The first kappa shape index (κ1) is 17.4. The van der Waals surface area contributed by atoms with E-state index in [1.165, 1.54) is 6.07 Å². The molecule has 0 saturated carbocycles. The van der Waals surface area contributed by atoms with Crippen LogP contribution in [0, 0.1) is 29.9 Å². The standard InChI is InChI=1S/C19H15F2N3O2/c1-11(13-5-6-15(20)16(21)9-13)23-18(25)17-12(2)26-19(14(17)10-22)24-7-3-4-8-24/h3-9,11H,1-2H3,(H,23,25)/t11-/m1/s1. The SMILES string of the molecule is Cc1oc(-n2cccc2)c(C#N)c1C(=O)N[C@H](C)c1ccc(F)c(F)c1. The molecule has 1 aromatic carbocycles. The Hall–Kier alpha value is -3.40. The van der Waals surface area contributed by atoms with E-state index in [4.69, 9.17) is 4.42 Å². The number of halogens is 2. The zero-order chi connectivity index (χ0) is 18.8. The van der Waals surface area contributed by atoms with Gasteiger partial charge in [0.25, 0.3) is 5.91 Å². The molecule has 26 heavy (non-hydrogen) atoms. The van der Waals surface area contributed by atoms with Gasteiger partial charge < -0.3 is 9.73 Å². The third kappa shape index (κ3) is 3.09. The van der Waals surface area contributed by atoms with Crippen molar-refractivity contribution in [2.75, 3.05) is 0 Å². The lowest BCUT2D eigenvalue weighted by Crippen LogP contribution is -2.27. The van der Waals surface area contributed by atoms with Crippen molar-refractivity contribution < 1.29 is 18.0 Å². The smallest absolute Gasteiger partial charge is 0.256 e. The Morgan fingerprint density at radius 3 is 2.58 bits per heavy atom. The zero-order valence-electron chi connectivity index (χ0n) is 14.1. The van der Waals surface area contributed by atoms with Crippen LogP contribution in [0.4, 0.5) is 8.78 Å². The molecule has 3 rings (SSSR count). The number of nitrogens with one attached hydrogen (secondary N) is 1. The summed E-state index contributed by atoms with van der Waals surface area (Å²) < 4.78 is 33.7. The largest absolute Gasteiger partial charge is 0.443 e. The Kier molecular flexibility index (Phi) is 4.59. The van der Waals surface area contributed by atoms with Gasteiger partial charge in [-0.05, 0) is 43.7 Å². The highest BCUT2D eigenvalue weighted by Gasteiger charge is 2.25. The van der Waals surface area contributed by atoms with Crippen molar-refractivity contribution in [2.24, 2.45) is 0 Å². The number of furan rings is 1. The van der Waals surface area contributed by atoms with E-state index in [-0.39, 0.29) is 17.0 Å². The Labute approximate surface area is 148 Å². The second kappa shape index (κ2) is 6.84. The van der Waals surface area contributed by atoms with Gasteiger partial charge in [0.15, 0.2) is 11.6 Å². The number of carbonyl (C=O) groups is 1. The van der Waals surface area contributed by atoms with Crippen LogP contribution < -0.4 is 5.32 Å². The highest BCUT2D eigenvalue weighted by atomic mass is 19.2. The molecule has 0 unspecified atom stereocenters. The van der Waals surface area contributed by atoms with Gasteiger partial charge in [-0.2, -0.15) is 5.26 Å². The van der Waals surface area contributed by atoms with Crippen molar-refractivity contribution in [3.8, 4) is 12.0 Å². The van der Waals surface area contributed by atoms with Crippen LogP contribution in [-0.2, 0) is 0 Å². The molecule has 0 aliphatic heterocycles. The van der Waals surface area contributed by atoms with Crippen molar-refractivity contribution in [3.63, 3.8) is 0 Å². The number of carbonyl (C=O) groups excluding carboxylic acids is 1. The minimum Gasteiger partial charge on any atom is -0.443 e. The fourth-order valence-corrected chi connectivity index (χ4v) is 2.69. The van der Waals surface area contributed by atoms with E-state index in [9.17, 15) is 18.8 Å². The molecule has 1 atom stereocenters. The van der Waals surface area contributed by atoms with E-state index in [1.807, 2.05) is 6.07 Å². The molecule has 3 aromatic rings. The number of hydrogen-bond donors (Lipinski definition) is 1. The fraction of sp³-hybridized carbons (Fsp3) is 0.158. The fourth-order valence-electron chi connectivity index (χ4n) is 2.69. The number of nitriles is 1. The Balaban J connectivity index is 1.90. The van der Waals surface area contributed by atoms with Gasteiger partial charge in [0.1, 0.15) is 23.0 Å². The lowest BCUT2D eigenvalue weighted by molar-refractivity contribution is 0.0938. The lowest BCUT2D eigenvalue weighted by Gasteiger charge is -2.14. The molecular formula is C19H15F2N3O2. The maximum Gasteiger partial charge on any atom is 0.256 e. The summed E-state index contributed by atoms with van der Waals surface area (Å²) in [4.78, 5) is 12.7. The molecule has 0 spiro atoms. The number of rotatable bonds is 4. The molecule has 2 aromatic heterocycles. The summed E-state index contributed by atoms with van der Waals surface area (Å²) in [6, 6.07) is 8.36. The number of nitrogens with zero attached hydrogens (tertiary/aromatic N) is 2. The lowest BCUT2D eigenvalue weighted by atomic mass is 10.1. The third-order valence-corrected chi connectivity index (χ3v) is 4.03. The van der Waals surface area contributed by atoms with Crippen molar-refractivity contribution in [1.29, 1.82) is 5.26 Å². The van der Waals surface area contributed by atoms with Crippen LogP contribution in [0.5, 0.6) is 0 Å². The van der Waals surface area contributed by atoms with Crippen molar-refractivity contribution in [2.45, 2.75) is 19.9 Å². The van der Waals surface area contributed by atoms with Crippen LogP contribution in [-0.4, -0.2) is 10.5 Å². The predicted molar refractivity (Wildman–Crippen MR) is 89.7 cm³/mol. The Morgan fingerprint density at radius 2 is 1.96 bits per heavy atom. The normalized spacial score (nSPS) is 11.8. The topological polar surface area (TPSA) is 71.0 Å². The first-order chi connectivity index (χ1) is 12.4. The van der Waals surface area contributed by atoms with Crippen LogP contribution >= 0.6 is 0 Å².